The molecule has 0 unspecified atom stereocenters. The van der Waals surface area contributed by atoms with E-state index >= 15 is 0 Å². The van der Waals surface area contributed by atoms with Gasteiger partial charge in [0.25, 0.3) is 0 Å². The first-order valence-electron chi connectivity index (χ1n) is 5.51. The average molecular weight is 288 g/mol. The van der Waals surface area contributed by atoms with Crippen LogP contribution in [0.1, 0.15) is 5.56 Å². The molecule has 0 saturated carbocycles. The molecule has 0 atom stereocenters. The number of hydrogen-bond acceptors (Lipinski definition) is 3. The number of anilines is 1. The zero-order valence-corrected chi connectivity index (χ0v) is 10.9. The van der Waals surface area contributed by atoms with Crippen molar-refractivity contribution in [3.05, 3.63) is 41.0 Å². The van der Waals surface area contributed by atoms with Gasteiger partial charge in [0.15, 0.2) is 0 Å². The Morgan fingerprint density at radius 2 is 2.21 bits per heavy atom. The first kappa shape index (κ1) is 13.6. The number of nitrogens with zero attached hydrogens (tertiary/aromatic N) is 2. The number of halogens is 3. The molecule has 1 heterocycles. The van der Waals surface area contributed by atoms with Gasteiger partial charge in [-0.1, -0.05) is 11.6 Å². The fourth-order valence-electron chi connectivity index (χ4n) is 1.59. The van der Waals surface area contributed by atoms with Gasteiger partial charge in [-0.15, -0.1) is 0 Å². The summed E-state index contributed by atoms with van der Waals surface area (Å²) in [5, 5.41) is 7.59. The van der Waals surface area contributed by atoms with Crippen molar-refractivity contribution in [2.24, 2.45) is 7.05 Å². The van der Waals surface area contributed by atoms with Crippen LogP contribution in [0, 0.1) is 0 Å². The minimum absolute atomic E-state index is 0.0998. The van der Waals surface area contributed by atoms with Gasteiger partial charge in [0.05, 0.1) is 0 Å². The van der Waals surface area contributed by atoms with E-state index in [2.05, 4.69) is 15.2 Å². The van der Waals surface area contributed by atoms with E-state index in [0.29, 0.717) is 22.9 Å². The molecule has 1 N–H and O–H groups in total. The quantitative estimate of drug-likeness (QED) is 0.917. The molecular formula is C12H12ClF2N3O. The van der Waals surface area contributed by atoms with Crippen LogP contribution in [0.3, 0.4) is 0 Å². The zero-order valence-electron chi connectivity index (χ0n) is 10.1. The first-order chi connectivity index (χ1) is 9.04. The molecule has 1 aromatic carbocycles. The zero-order chi connectivity index (χ0) is 13.8. The summed E-state index contributed by atoms with van der Waals surface area (Å²) in [5.74, 6) is 0.744. The summed E-state index contributed by atoms with van der Waals surface area (Å²) in [6.45, 7) is -2.57. The van der Waals surface area contributed by atoms with E-state index in [1.807, 2.05) is 0 Å². The molecule has 0 amide bonds. The summed E-state index contributed by atoms with van der Waals surface area (Å²) in [7, 11) is 1.79. The molecule has 0 saturated heterocycles. The third kappa shape index (κ3) is 3.82. The molecule has 19 heavy (non-hydrogen) atoms. The van der Waals surface area contributed by atoms with E-state index in [1.54, 1.807) is 30.1 Å². The van der Waals surface area contributed by atoms with Gasteiger partial charge in [0, 0.05) is 36.4 Å². The summed E-state index contributed by atoms with van der Waals surface area (Å²) < 4.78 is 30.6. The largest absolute Gasteiger partial charge is 0.434 e. The molecule has 2 aromatic rings. The van der Waals surface area contributed by atoms with Crippen LogP contribution in [0.5, 0.6) is 5.75 Å². The number of rotatable bonds is 5. The summed E-state index contributed by atoms with van der Waals surface area (Å²) in [4.78, 5) is 0. The Morgan fingerprint density at radius 3 is 2.84 bits per heavy atom. The topological polar surface area (TPSA) is 39.1 Å². The summed E-state index contributed by atoms with van der Waals surface area (Å²) in [6, 6.07) is 6.28. The van der Waals surface area contributed by atoms with Crippen LogP contribution in [0.2, 0.25) is 5.02 Å². The molecule has 2 rings (SSSR count). The minimum atomic E-state index is -2.87. The van der Waals surface area contributed by atoms with Crippen LogP contribution in [0.25, 0.3) is 0 Å². The molecule has 0 spiro atoms. The highest BCUT2D eigenvalue weighted by atomic mass is 35.5. The summed E-state index contributed by atoms with van der Waals surface area (Å²) in [6.07, 6.45) is 1.77. The van der Waals surface area contributed by atoms with Crippen LogP contribution >= 0.6 is 11.6 Å². The number of alkyl halides is 2. The van der Waals surface area contributed by atoms with Gasteiger partial charge in [-0.25, -0.2) is 0 Å². The van der Waals surface area contributed by atoms with E-state index in [1.165, 1.54) is 12.1 Å². The molecule has 0 radical (unpaired) electrons. The SMILES string of the molecule is Cn1ccc(NCc2cc(Cl)ccc2OC(F)F)n1. The normalized spacial score (nSPS) is 10.8. The monoisotopic (exact) mass is 287 g/mol. The second-order valence-electron chi connectivity index (χ2n) is 3.86. The number of aromatic nitrogens is 2. The highest BCUT2D eigenvalue weighted by Crippen LogP contribution is 2.25. The van der Waals surface area contributed by atoms with Crippen LogP contribution in [-0.4, -0.2) is 16.4 Å². The van der Waals surface area contributed by atoms with E-state index in [-0.39, 0.29) is 5.75 Å². The Morgan fingerprint density at radius 1 is 1.42 bits per heavy atom. The molecule has 7 heteroatoms. The Kier molecular flexibility index (Phi) is 4.21. The highest BCUT2D eigenvalue weighted by Gasteiger charge is 2.10. The standard InChI is InChI=1S/C12H12ClF2N3O/c1-18-5-4-11(17-18)16-7-8-6-9(13)2-3-10(8)19-12(14)15/h2-6,12H,7H2,1H3,(H,16,17). The minimum Gasteiger partial charge on any atom is -0.434 e. The third-order valence-corrected chi connectivity index (χ3v) is 2.65. The molecule has 0 aliphatic rings. The molecule has 1 aromatic heterocycles. The predicted octanol–water partition coefficient (Wildman–Crippen LogP) is 3.29. The molecule has 102 valence electrons. The molecular weight excluding hydrogens is 276 g/mol. The molecule has 0 aliphatic carbocycles. The molecule has 0 fully saturated rings. The van der Waals surface area contributed by atoms with Gasteiger partial charge in [0.2, 0.25) is 0 Å². The van der Waals surface area contributed by atoms with Crippen molar-refractivity contribution in [2.45, 2.75) is 13.2 Å². The molecule has 4 nitrogen and oxygen atoms in total. The Bertz CT molecular complexity index is 560. The van der Waals surface area contributed by atoms with Crippen molar-refractivity contribution in [1.29, 1.82) is 0 Å². The van der Waals surface area contributed by atoms with Crippen molar-refractivity contribution in [1.82, 2.24) is 9.78 Å². The van der Waals surface area contributed by atoms with Gasteiger partial charge >= 0.3 is 6.61 Å². The van der Waals surface area contributed by atoms with Crippen molar-refractivity contribution >= 4 is 17.4 Å². The third-order valence-electron chi connectivity index (χ3n) is 2.41. The fourth-order valence-corrected chi connectivity index (χ4v) is 1.79. The van der Waals surface area contributed by atoms with Crippen LogP contribution in [0.4, 0.5) is 14.6 Å². The van der Waals surface area contributed by atoms with Crippen molar-refractivity contribution < 1.29 is 13.5 Å². The lowest BCUT2D eigenvalue weighted by Gasteiger charge is -2.11. The number of ether oxygens (including phenoxy) is 1. The van der Waals surface area contributed by atoms with Gasteiger partial charge in [-0.2, -0.15) is 13.9 Å². The molecule has 0 bridgehead atoms. The maximum atomic E-state index is 12.3. The van der Waals surface area contributed by atoms with Crippen LogP contribution in [0.15, 0.2) is 30.5 Å². The Labute approximate surface area is 113 Å². The predicted molar refractivity (Wildman–Crippen MR) is 68.6 cm³/mol. The lowest BCUT2D eigenvalue weighted by molar-refractivity contribution is -0.0504. The maximum absolute atomic E-state index is 12.3. The highest BCUT2D eigenvalue weighted by molar-refractivity contribution is 6.30. The van der Waals surface area contributed by atoms with Crippen molar-refractivity contribution in [2.75, 3.05) is 5.32 Å². The second kappa shape index (κ2) is 5.88. The van der Waals surface area contributed by atoms with Crippen LogP contribution < -0.4 is 10.1 Å². The van der Waals surface area contributed by atoms with E-state index < -0.39 is 6.61 Å². The van der Waals surface area contributed by atoms with Crippen LogP contribution in [-0.2, 0) is 13.6 Å². The summed E-state index contributed by atoms with van der Waals surface area (Å²) >= 11 is 5.85. The van der Waals surface area contributed by atoms with Gasteiger partial charge in [-0.3, -0.25) is 4.68 Å². The number of aryl methyl sites for hydroxylation is 1. The maximum Gasteiger partial charge on any atom is 0.387 e. The van der Waals surface area contributed by atoms with Crippen molar-refractivity contribution in [3.8, 4) is 5.75 Å². The number of hydrogen-bond donors (Lipinski definition) is 1. The number of nitrogens with one attached hydrogen (secondary N) is 1. The second-order valence-corrected chi connectivity index (χ2v) is 4.30. The van der Waals surface area contributed by atoms with Crippen molar-refractivity contribution in [3.63, 3.8) is 0 Å². The summed E-state index contributed by atoms with van der Waals surface area (Å²) in [5.41, 5.74) is 0.540. The number of benzene rings is 1. The van der Waals surface area contributed by atoms with Gasteiger partial charge in [-0.05, 0) is 18.2 Å². The van der Waals surface area contributed by atoms with E-state index in [0.717, 1.165) is 0 Å². The van der Waals surface area contributed by atoms with E-state index in [9.17, 15) is 8.78 Å². The molecule has 0 aliphatic heterocycles. The Hall–Kier alpha value is -1.82. The smallest absolute Gasteiger partial charge is 0.387 e. The average Bonchev–Trinajstić information content (AvgIpc) is 2.75. The Balaban J connectivity index is 2.11. The lowest BCUT2D eigenvalue weighted by Crippen LogP contribution is -2.07. The van der Waals surface area contributed by atoms with Gasteiger partial charge < -0.3 is 10.1 Å². The van der Waals surface area contributed by atoms with E-state index in [4.69, 9.17) is 11.6 Å². The first-order valence-corrected chi connectivity index (χ1v) is 5.89. The fraction of sp³-hybridized carbons (Fsp3) is 0.250. The lowest BCUT2D eigenvalue weighted by atomic mass is 10.2. The van der Waals surface area contributed by atoms with Gasteiger partial charge in [0.1, 0.15) is 11.6 Å².